The number of quaternary nitrogens is 1. The van der Waals surface area contributed by atoms with E-state index in [9.17, 15) is 4.79 Å². The molecular formula is C13H21N2O+. The van der Waals surface area contributed by atoms with Crippen LogP contribution in [0.3, 0.4) is 0 Å². The summed E-state index contributed by atoms with van der Waals surface area (Å²) in [6.45, 7) is 14.3. The van der Waals surface area contributed by atoms with Crippen LogP contribution in [-0.4, -0.2) is 54.6 Å². The zero-order chi connectivity index (χ0) is 11.6. The quantitative estimate of drug-likeness (QED) is 0.509. The molecule has 4 saturated heterocycles. The number of hydrogen-bond acceptors (Lipinski definition) is 2. The summed E-state index contributed by atoms with van der Waals surface area (Å²) in [7, 11) is 0. The lowest BCUT2D eigenvalue weighted by atomic mass is 9.62. The maximum atomic E-state index is 12.5. The van der Waals surface area contributed by atoms with E-state index in [1.807, 2.05) is 6.08 Å². The molecule has 0 unspecified atom stereocenters. The summed E-state index contributed by atoms with van der Waals surface area (Å²) in [5.41, 5.74) is -0.209. The minimum absolute atomic E-state index is 0.105. The topological polar surface area (TPSA) is 20.3 Å². The SMILES string of the molecule is C=CC[N+]12CN3C[C@@](C)(C1)C(=O)[C@@](C)(C3)C2. The van der Waals surface area contributed by atoms with Crippen molar-refractivity contribution in [3.05, 3.63) is 12.7 Å². The molecule has 4 aliphatic heterocycles. The van der Waals surface area contributed by atoms with E-state index in [0.717, 1.165) is 43.9 Å². The van der Waals surface area contributed by atoms with Gasteiger partial charge < -0.3 is 4.48 Å². The van der Waals surface area contributed by atoms with Crippen LogP contribution in [0.25, 0.3) is 0 Å². The molecule has 0 amide bonds. The molecule has 0 radical (unpaired) electrons. The predicted molar refractivity (Wildman–Crippen MR) is 62.7 cm³/mol. The first-order valence-electron chi connectivity index (χ1n) is 6.15. The number of piperidine rings is 2. The Balaban J connectivity index is 2.05. The van der Waals surface area contributed by atoms with Gasteiger partial charge in [-0.1, -0.05) is 6.58 Å². The molecule has 88 valence electrons. The number of carbonyl (C=O) groups excluding carboxylic acids is 1. The van der Waals surface area contributed by atoms with Gasteiger partial charge in [0.05, 0.1) is 30.5 Å². The second-order valence-electron chi connectivity index (χ2n) is 6.71. The smallest absolute Gasteiger partial charge is 0.158 e. The Kier molecular flexibility index (Phi) is 1.81. The Labute approximate surface area is 97.3 Å². The second-order valence-corrected chi connectivity index (χ2v) is 6.71. The van der Waals surface area contributed by atoms with Gasteiger partial charge in [-0.05, 0) is 19.9 Å². The third-order valence-corrected chi connectivity index (χ3v) is 4.63. The number of Topliss-reactive ketones (excluding diaryl/α,β-unsaturated/α-hetero) is 1. The van der Waals surface area contributed by atoms with Crippen LogP contribution < -0.4 is 0 Å². The van der Waals surface area contributed by atoms with Gasteiger partial charge in [0.2, 0.25) is 0 Å². The molecule has 4 heterocycles. The average Bonchev–Trinajstić information content (AvgIpc) is 2.12. The highest BCUT2D eigenvalue weighted by Gasteiger charge is 2.65. The number of carbonyl (C=O) groups is 1. The molecule has 2 atom stereocenters. The molecule has 0 aromatic carbocycles. The van der Waals surface area contributed by atoms with Crippen molar-refractivity contribution in [3.63, 3.8) is 0 Å². The van der Waals surface area contributed by atoms with E-state index in [-0.39, 0.29) is 10.8 Å². The number of hydrogen-bond donors (Lipinski definition) is 0. The van der Waals surface area contributed by atoms with Crippen LogP contribution in [0.5, 0.6) is 0 Å². The van der Waals surface area contributed by atoms with Crippen molar-refractivity contribution in [2.45, 2.75) is 13.8 Å². The van der Waals surface area contributed by atoms with Crippen molar-refractivity contribution in [3.8, 4) is 0 Å². The first-order valence-corrected chi connectivity index (χ1v) is 6.15. The number of nitrogens with zero attached hydrogens (tertiary/aromatic N) is 2. The monoisotopic (exact) mass is 221 g/mol. The van der Waals surface area contributed by atoms with Crippen LogP contribution in [-0.2, 0) is 4.79 Å². The summed E-state index contributed by atoms with van der Waals surface area (Å²) < 4.78 is 1.06. The molecule has 3 heteroatoms. The Morgan fingerprint density at radius 2 is 1.94 bits per heavy atom. The lowest BCUT2D eigenvalue weighted by molar-refractivity contribution is -0.958. The maximum absolute atomic E-state index is 12.5. The molecule has 16 heavy (non-hydrogen) atoms. The summed E-state index contributed by atoms with van der Waals surface area (Å²) in [6, 6.07) is 0. The lowest BCUT2D eigenvalue weighted by Crippen LogP contribution is -2.81. The van der Waals surface area contributed by atoms with Crippen molar-refractivity contribution >= 4 is 5.78 Å². The van der Waals surface area contributed by atoms with E-state index in [2.05, 4.69) is 25.3 Å². The van der Waals surface area contributed by atoms with Crippen molar-refractivity contribution in [1.82, 2.24) is 4.90 Å². The molecule has 0 N–H and O–H groups in total. The van der Waals surface area contributed by atoms with E-state index in [0.29, 0.717) is 5.78 Å². The predicted octanol–water partition coefficient (Wildman–Crippen LogP) is 0.871. The van der Waals surface area contributed by atoms with E-state index in [1.54, 1.807) is 0 Å². The minimum atomic E-state index is -0.105. The molecule has 4 rings (SSSR count). The highest BCUT2D eigenvalue weighted by atomic mass is 16.1. The third-order valence-electron chi connectivity index (χ3n) is 4.63. The average molecular weight is 221 g/mol. The molecule has 0 saturated carbocycles. The normalized spacial score (nSPS) is 54.4. The fourth-order valence-electron chi connectivity index (χ4n) is 4.78. The molecular weight excluding hydrogens is 200 g/mol. The first kappa shape index (κ1) is 10.5. The van der Waals surface area contributed by atoms with E-state index in [4.69, 9.17) is 0 Å². The van der Waals surface area contributed by atoms with Crippen molar-refractivity contribution in [2.24, 2.45) is 10.8 Å². The maximum Gasteiger partial charge on any atom is 0.158 e. The Morgan fingerprint density at radius 3 is 2.44 bits per heavy atom. The summed E-state index contributed by atoms with van der Waals surface area (Å²) in [5, 5.41) is 0. The fraction of sp³-hybridized carbons (Fsp3) is 0.769. The van der Waals surface area contributed by atoms with Gasteiger partial charge in [-0.25, -0.2) is 0 Å². The molecule has 0 spiro atoms. The van der Waals surface area contributed by atoms with E-state index >= 15 is 0 Å². The van der Waals surface area contributed by atoms with Gasteiger partial charge in [-0.2, -0.15) is 0 Å². The summed E-state index contributed by atoms with van der Waals surface area (Å²) in [6.07, 6.45) is 2.02. The molecule has 3 nitrogen and oxygen atoms in total. The van der Waals surface area contributed by atoms with Gasteiger partial charge in [0, 0.05) is 13.1 Å². The van der Waals surface area contributed by atoms with Crippen molar-refractivity contribution in [2.75, 3.05) is 39.4 Å². The summed E-state index contributed by atoms with van der Waals surface area (Å²) >= 11 is 0. The Hall–Kier alpha value is -0.670. The van der Waals surface area contributed by atoms with Gasteiger partial charge in [0.15, 0.2) is 5.78 Å². The van der Waals surface area contributed by atoms with Gasteiger partial charge in [0.1, 0.15) is 6.67 Å². The first-order chi connectivity index (χ1) is 7.41. The highest BCUT2D eigenvalue weighted by molar-refractivity contribution is 5.92. The van der Waals surface area contributed by atoms with Crippen LogP contribution in [0.1, 0.15) is 13.8 Å². The summed E-state index contributed by atoms with van der Waals surface area (Å²) in [5.74, 6) is 0.508. The zero-order valence-electron chi connectivity index (χ0n) is 10.3. The van der Waals surface area contributed by atoms with Crippen molar-refractivity contribution in [1.29, 1.82) is 0 Å². The lowest BCUT2D eigenvalue weighted by Gasteiger charge is -2.64. The van der Waals surface area contributed by atoms with Crippen molar-refractivity contribution < 1.29 is 9.28 Å². The molecule has 0 aromatic rings. The molecule has 4 aliphatic rings. The van der Waals surface area contributed by atoms with Gasteiger partial charge in [-0.15, -0.1) is 0 Å². The number of ketones is 1. The van der Waals surface area contributed by atoms with E-state index in [1.165, 1.54) is 0 Å². The number of rotatable bonds is 2. The van der Waals surface area contributed by atoms with Crippen LogP contribution in [0.4, 0.5) is 0 Å². The fourth-order valence-corrected chi connectivity index (χ4v) is 4.78. The van der Waals surface area contributed by atoms with Crippen LogP contribution in [0.15, 0.2) is 12.7 Å². The van der Waals surface area contributed by atoms with Gasteiger partial charge >= 0.3 is 0 Å². The standard InChI is InChI=1S/C13H21N2O/c1-4-5-15-8-12(2)6-14(10-15)7-13(3,9-15)11(12)16/h4H,1,5-10H2,2-3H3/q+1/t12-,13-/m0/s1. The highest BCUT2D eigenvalue weighted by Crippen LogP contribution is 2.49. The zero-order valence-corrected chi connectivity index (χ0v) is 10.3. The van der Waals surface area contributed by atoms with Gasteiger partial charge in [-0.3, -0.25) is 9.69 Å². The summed E-state index contributed by atoms with van der Waals surface area (Å²) in [4.78, 5) is 15.0. The largest absolute Gasteiger partial charge is 0.306 e. The molecule has 0 aliphatic carbocycles. The van der Waals surface area contributed by atoms with Crippen LogP contribution in [0, 0.1) is 10.8 Å². The van der Waals surface area contributed by atoms with Gasteiger partial charge in [0.25, 0.3) is 0 Å². The van der Waals surface area contributed by atoms with E-state index < -0.39 is 0 Å². The second kappa shape index (κ2) is 2.77. The Bertz CT molecular complexity index is 354. The molecule has 4 fully saturated rings. The minimum Gasteiger partial charge on any atom is -0.306 e. The molecule has 0 aromatic heterocycles. The third kappa shape index (κ3) is 1.13. The van der Waals surface area contributed by atoms with Crippen LogP contribution in [0.2, 0.25) is 0 Å². The Morgan fingerprint density at radius 1 is 1.38 bits per heavy atom. The molecule has 4 bridgehead atoms. The van der Waals surface area contributed by atoms with Crippen LogP contribution >= 0.6 is 0 Å².